The Morgan fingerprint density at radius 2 is 2.50 bits per heavy atom. The van der Waals surface area contributed by atoms with Gasteiger partial charge in [0, 0.05) is 5.57 Å². The van der Waals surface area contributed by atoms with Crippen molar-refractivity contribution in [2.24, 2.45) is 0 Å². The maximum absolute atomic E-state index is 11.1. The molecule has 0 aromatic rings. The van der Waals surface area contributed by atoms with Gasteiger partial charge >= 0.3 is 5.97 Å². The van der Waals surface area contributed by atoms with Gasteiger partial charge in [0.2, 0.25) is 0 Å². The summed E-state index contributed by atoms with van der Waals surface area (Å²) in [6, 6.07) is 0. The van der Waals surface area contributed by atoms with E-state index in [1.807, 2.05) is 0 Å². The fraction of sp³-hybridized carbons (Fsp3) is 0.222. The third kappa shape index (κ3) is 1.56. The van der Waals surface area contributed by atoms with Crippen molar-refractivity contribution in [1.82, 2.24) is 0 Å². The fourth-order valence-corrected chi connectivity index (χ4v) is 0.941. The summed E-state index contributed by atoms with van der Waals surface area (Å²) < 4.78 is 4.76. The first-order chi connectivity index (χ1) is 5.79. The summed E-state index contributed by atoms with van der Waals surface area (Å²) in [5.41, 5.74) is 0.896. The van der Waals surface area contributed by atoms with Gasteiger partial charge in [-0.2, -0.15) is 0 Å². The maximum atomic E-state index is 11.1. The van der Waals surface area contributed by atoms with Crippen LogP contribution in [-0.4, -0.2) is 17.7 Å². The number of ether oxygens (including phenoxy) is 1. The molecule has 0 heterocycles. The third-order valence-corrected chi connectivity index (χ3v) is 1.48. The number of esters is 1. The van der Waals surface area contributed by atoms with E-state index in [0.29, 0.717) is 17.8 Å². The summed E-state index contributed by atoms with van der Waals surface area (Å²) in [5.74, 6) is -0.400. The number of hydrogen-bond donors (Lipinski definition) is 1. The standard InChI is InChI=1S/C9H10O3/c1-2-12-9(11)8-5-3-4-7(8)6-10/h3-6,10H,2H2,1H3. The number of hydrogen-bond acceptors (Lipinski definition) is 3. The molecule has 0 aromatic carbocycles. The van der Waals surface area contributed by atoms with E-state index in [4.69, 9.17) is 9.84 Å². The third-order valence-electron chi connectivity index (χ3n) is 1.48. The average Bonchev–Trinajstić information content (AvgIpc) is 2.51. The van der Waals surface area contributed by atoms with E-state index in [9.17, 15) is 4.79 Å². The molecule has 12 heavy (non-hydrogen) atoms. The van der Waals surface area contributed by atoms with Crippen molar-refractivity contribution in [2.45, 2.75) is 6.92 Å². The van der Waals surface area contributed by atoms with Crippen LogP contribution in [0.4, 0.5) is 0 Å². The van der Waals surface area contributed by atoms with Gasteiger partial charge in [0.15, 0.2) is 0 Å². The van der Waals surface area contributed by atoms with Crippen LogP contribution in [0.2, 0.25) is 0 Å². The van der Waals surface area contributed by atoms with Gasteiger partial charge in [0.25, 0.3) is 0 Å². The van der Waals surface area contributed by atoms with E-state index < -0.39 is 5.97 Å². The minimum Gasteiger partial charge on any atom is -0.515 e. The van der Waals surface area contributed by atoms with Crippen LogP contribution in [0.1, 0.15) is 6.92 Å². The molecule has 0 atom stereocenters. The Morgan fingerprint density at radius 1 is 1.75 bits per heavy atom. The Hall–Kier alpha value is -1.51. The molecule has 0 aliphatic heterocycles. The normalized spacial score (nSPS) is 18.1. The second kappa shape index (κ2) is 3.76. The molecular weight excluding hydrogens is 156 g/mol. The zero-order chi connectivity index (χ0) is 8.97. The van der Waals surface area contributed by atoms with Crippen molar-refractivity contribution in [3.63, 3.8) is 0 Å². The summed E-state index contributed by atoms with van der Waals surface area (Å²) >= 11 is 0. The Morgan fingerprint density at radius 3 is 3.08 bits per heavy atom. The van der Waals surface area contributed by atoms with Crippen LogP contribution in [0.15, 0.2) is 35.6 Å². The summed E-state index contributed by atoms with van der Waals surface area (Å²) in [6.45, 7) is 2.08. The molecule has 3 heteroatoms. The highest BCUT2D eigenvalue weighted by Crippen LogP contribution is 2.18. The fourth-order valence-electron chi connectivity index (χ4n) is 0.941. The number of aliphatic hydroxyl groups is 1. The van der Waals surface area contributed by atoms with Crippen LogP contribution in [0.5, 0.6) is 0 Å². The van der Waals surface area contributed by atoms with Crippen molar-refractivity contribution in [2.75, 3.05) is 6.61 Å². The van der Waals surface area contributed by atoms with E-state index in [1.165, 1.54) is 0 Å². The van der Waals surface area contributed by atoms with E-state index in [-0.39, 0.29) is 0 Å². The largest absolute Gasteiger partial charge is 0.515 e. The number of carbonyl (C=O) groups is 1. The van der Waals surface area contributed by atoms with Crippen molar-refractivity contribution < 1.29 is 14.6 Å². The van der Waals surface area contributed by atoms with Crippen LogP contribution in [0, 0.1) is 0 Å². The zero-order valence-corrected chi connectivity index (χ0v) is 6.78. The predicted octanol–water partition coefficient (Wildman–Crippen LogP) is 1.49. The summed E-state index contributed by atoms with van der Waals surface area (Å²) in [4.78, 5) is 11.1. The van der Waals surface area contributed by atoms with Crippen LogP contribution in [0.3, 0.4) is 0 Å². The predicted molar refractivity (Wildman–Crippen MR) is 44.6 cm³/mol. The molecule has 3 nitrogen and oxygen atoms in total. The van der Waals surface area contributed by atoms with E-state index in [1.54, 1.807) is 25.2 Å². The number of aliphatic hydroxyl groups excluding tert-OH is 1. The lowest BCUT2D eigenvalue weighted by molar-refractivity contribution is -0.138. The molecule has 1 rings (SSSR count). The highest BCUT2D eigenvalue weighted by Gasteiger charge is 2.15. The van der Waals surface area contributed by atoms with Gasteiger partial charge in [-0.25, -0.2) is 4.79 Å². The number of allylic oxidation sites excluding steroid dienone is 3. The number of rotatable bonds is 2. The Balaban J connectivity index is 2.72. The second-order valence-electron chi connectivity index (χ2n) is 2.24. The molecule has 0 unspecified atom stereocenters. The van der Waals surface area contributed by atoms with Crippen LogP contribution < -0.4 is 0 Å². The van der Waals surface area contributed by atoms with Gasteiger partial charge < -0.3 is 9.84 Å². The summed E-state index contributed by atoms with van der Waals surface area (Å²) in [7, 11) is 0. The Labute approximate surface area is 70.7 Å². The lowest BCUT2D eigenvalue weighted by Gasteiger charge is -2.02. The van der Waals surface area contributed by atoms with Gasteiger partial charge in [0.1, 0.15) is 0 Å². The molecule has 0 saturated heterocycles. The molecule has 64 valence electrons. The van der Waals surface area contributed by atoms with E-state index >= 15 is 0 Å². The van der Waals surface area contributed by atoms with Crippen LogP contribution >= 0.6 is 0 Å². The molecule has 0 bridgehead atoms. The van der Waals surface area contributed by atoms with E-state index in [0.717, 1.165) is 6.26 Å². The summed E-state index contributed by atoms with van der Waals surface area (Å²) in [6.07, 6.45) is 5.84. The zero-order valence-electron chi connectivity index (χ0n) is 6.78. The lowest BCUT2D eigenvalue weighted by atomic mass is 10.1. The first kappa shape index (κ1) is 8.59. The minimum atomic E-state index is -0.400. The molecule has 0 amide bonds. The van der Waals surface area contributed by atoms with Gasteiger partial charge in [0.05, 0.1) is 18.4 Å². The second-order valence-corrected chi connectivity index (χ2v) is 2.24. The molecular formula is C9H10O3. The van der Waals surface area contributed by atoms with Gasteiger partial charge in [-0.1, -0.05) is 12.2 Å². The molecule has 0 fully saturated rings. The smallest absolute Gasteiger partial charge is 0.338 e. The molecule has 0 aromatic heterocycles. The van der Waals surface area contributed by atoms with Gasteiger partial charge in [-0.3, -0.25) is 0 Å². The molecule has 1 aliphatic rings. The highest BCUT2D eigenvalue weighted by atomic mass is 16.5. The van der Waals surface area contributed by atoms with Crippen LogP contribution in [-0.2, 0) is 9.53 Å². The minimum absolute atomic E-state index is 0.342. The maximum Gasteiger partial charge on any atom is 0.338 e. The first-order valence-corrected chi connectivity index (χ1v) is 3.69. The summed E-state index contributed by atoms with van der Waals surface area (Å²) in [5, 5.41) is 8.69. The Bertz CT molecular complexity index is 271. The molecule has 0 saturated carbocycles. The van der Waals surface area contributed by atoms with Crippen molar-refractivity contribution in [3.8, 4) is 0 Å². The quantitative estimate of drug-likeness (QED) is 0.499. The lowest BCUT2D eigenvalue weighted by Crippen LogP contribution is -2.07. The SMILES string of the molecule is CCOC(=O)C1=CC=CC1=CO. The van der Waals surface area contributed by atoms with Crippen molar-refractivity contribution in [3.05, 3.63) is 35.6 Å². The molecule has 1 N–H and O–H groups in total. The average molecular weight is 166 g/mol. The van der Waals surface area contributed by atoms with Crippen molar-refractivity contribution in [1.29, 1.82) is 0 Å². The highest BCUT2D eigenvalue weighted by molar-refractivity contribution is 5.95. The topological polar surface area (TPSA) is 46.5 Å². The van der Waals surface area contributed by atoms with Gasteiger partial charge in [-0.05, 0) is 13.0 Å². The Kier molecular flexibility index (Phi) is 2.69. The van der Waals surface area contributed by atoms with Gasteiger partial charge in [-0.15, -0.1) is 0 Å². The molecule has 0 spiro atoms. The first-order valence-electron chi connectivity index (χ1n) is 3.69. The monoisotopic (exact) mass is 166 g/mol. The van der Waals surface area contributed by atoms with Crippen molar-refractivity contribution >= 4 is 5.97 Å². The van der Waals surface area contributed by atoms with Crippen LogP contribution in [0.25, 0.3) is 0 Å². The molecule has 1 aliphatic carbocycles. The molecule has 0 radical (unpaired) electrons. The van der Waals surface area contributed by atoms with E-state index in [2.05, 4.69) is 0 Å². The number of carbonyl (C=O) groups excluding carboxylic acids is 1.